The lowest BCUT2D eigenvalue weighted by atomic mass is 9.71. The number of sulfonamides is 1. The number of benzene rings is 1. The second-order valence-electron chi connectivity index (χ2n) is 6.15. The summed E-state index contributed by atoms with van der Waals surface area (Å²) in [6.07, 6.45) is 0.928. The molecule has 124 valence electrons. The van der Waals surface area contributed by atoms with Crippen LogP contribution in [0.3, 0.4) is 0 Å². The Morgan fingerprint density at radius 1 is 1.43 bits per heavy atom. The fourth-order valence-corrected chi connectivity index (χ4v) is 5.33. The molecule has 1 N–H and O–H groups in total. The lowest BCUT2D eigenvalue weighted by Gasteiger charge is -2.50. The van der Waals surface area contributed by atoms with Gasteiger partial charge in [-0.15, -0.1) is 0 Å². The first kappa shape index (κ1) is 16.7. The van der Waals surface area contributed by atoms with Gasteiger partial charge in [-0.25, -0.2) is 13.1 Å². The molecular formula is C15H18ClN3O3S. The standard InChI is InChI=1S/C15H18ClN3O3S/c1-19(2)14-13(10-5-6-22-15(10)14)18-23(20,21)12-4-3-9(8-17)7-11(12)16/h3-4,7,10,13-15,18H,5-6H2,1-2H3/t10-,13+,14-,15-/m1/s1. The van der Waals surface area contributed by atoms with Crippen molar-refractivity contribution in [2.75, 3.05) is 20.7 Å². The average Bonchev–Trinajstić information content (AvgIpc) is 2.87. The van der Waals surface area contributed by atoms with Crippen molar-refractivity contribution in [3.63, 3.8) is 0 Å². The minimum Gasteiger partial charge on any atom is -0.376 e. The van der Waals surface area contributed by atoms with Gasteiger partial charge in [0.15, 0.2) is 0 Å². The highest BCUT2D eigenvalue weighted by molar-refractivity contribution is 7.89. The van der Waals surface area contributed by atoms with Crippen molar-refractivity contribution in [2.45, 2.75) is 29.5 Å². The number of likely N-dealkylation sites (N-methyl/N-ethyl adjacent to an activating group) is 1. The zero-order chi connectivity index (χ0) is 16.8. The third-order valence-corrected chi connectivity index (χ3v) is 6.53. The molecule has 1 aliphatic heterocycles. The Balaban J connectivity index is 1.85. The van der Waals surface area contributed by atoms with Gasteiger partial charge in [0.25, 0.3) is 0 Å². The van der Waals surface area contributed by atoms with E-state index in [-0.39, 0.29) is 34.0 Å². The average molecular weight is 356 g/mol. The lowest BCUT2D eigenvalue weighted by Crippen LogP contribution is -2.69. The zero-order valence-corrected chi connectivity index (χ0v) is 14.4. The Hall–Kier alpha value is -1.17. The van der Waals surface area contributed by atoms with Crippen molar-refractivity contribution in [3.8, 4) is 6.07 Å². The molecule has 0 bridgehead atoms. The Morgan fingerprint density at radius 3 is 2.78 bits per heavy atom. The van der Waals surface area contributed by atoms with E-state index >= 15 is 0 Å². The molecule has 3 rings (SSSR count). The molecule has 23 heavy (non-hydrogen) atoms. The van der Waals surface area contributed by atoms with Crippen LogP contribution in [0.1, 0.15) is 12.0 Å². The second-order valence-corrected chi connectivity index (χ2v) is 8.24. The molecular weight excluding hydrogens is 338 g/mol. The van der Waals surface area contributed by atoms with Gasteiger partial charge in [-0.05, 0) is 38.7 Å². The number of nitrogens with zero attached hydrogens (tertiary/aromatic N) is 2. The third kappa shape index (κ3) is 2.86. The van der Waals surface area contributed by atoms with Crippen LogP contribution in [0.15, 0.2) is 23.1 Å². The molecule has 6 nitrogen and oxygen atoms in total. The monoisotopic (exact) mass is 355 g/mol. The summed E-state index contributed by atoms with van der Waals surface area (Å²) >= 11 is 6.04. The van der Waals surface area contributed by atoms with Crippen molar-refractivity contribution in [3.05, 3.63) is 28.8 Å². The number of nitrogens with one attached hydrogen (secondary N) is 1. The molecule has 0 radical (unpaired) electrons. The van der Waals surface area contributed by atoms with Crippen LogP contribution in [0.25, 0.3) is 0 Å². The van der Waals surface area contributed by atoms with Gasteiger partial charge in [-0.1, -0.05) is 11.6 Å². The van der Waals surface area contributed by atoms with Gasteiger partial charge in [0, 0.05) is 18.6 Å². The summed E-state index contributed by atoms with van der Waals surface area (Å²) in [5.74, 6) is 0.189. The van der Waals surface area contributed by atoms with E-state index in [1.54, 1.807) is 0 Å². The highest BCUT2D eigenvalue weighted by atomic mass is 35.5. The summed E-state index contributed by atoms with van der Waals surface area (Å²) in [5.41, 5.74) is 0.327. The molecule has 2 aliphatic rings. The molecule has 0 amide bonds. The highest BCUT2D eigenvalue weighted by Crippen LogP contribution is 2.42. The van der Waals surface area contributed by atoms with Gasteiger partial charge in [-0.2, -0.15) is 5.26 Å². The molecule has 1 saturated carbocycles. The van der Waals surface area contributed by atoms with Crippen LogP contribution in [0.5, 0.6) is 0 Å². The summed E-state index contributed by atoms with van der Waals surface area (Å²) in [6.45, 7) is 0.662. The van der Waals surface area contributed by atoms with E-state index in [2.05, 4.69) is 4.72 Å². The first-order valence-corrected chi connectivity index (χ1v) is 9.21. The smallest absolute Gasteiger partial charge is 0.242 e. The molecule has 2 fully saturated rings. The highest BCUT2D eigenvalue weighted by Gasteiger charge is 2.56. The van der Waals surface area contributed by atoms with E-state index in [9.17, 15) is 8.42 Å². The fourth-order valence-electron chi connectivity index (χ4n) is 3.48. The van der Waals surface area contributed by atoms with Gasteiger partial charge < -0.3 is 9.64 Å². The number of ether oxygens (including phenoxy) is 1. The third-order valence-electron chi connectivity index (χ3n) is 4.59. The Labute approximate surface area is 141 Å². The Morgan fingerprint density at radius 2 is 2.17 bits per heavy atom. The maximum Gasteiger partial charge on any atom is 0.242 e. The first-order chi connectivity index (χ1) is 10.8. The number of rotatable bonds is 4. The zero-order valence-electron chi connectivity index (χ0n) is 12.9. The molecule has 1 saturated heterocycles. The van der Waals surface area contributed by atoms with Crippen molar-refractivity contribution in [1.29, 1.82) is 5.26 Å². The van der Waals surface area contributed by atoms with Crippen molar-refractivity contribution in [1.82, 2.24) is 9.62 Å². The lowest BCUT2D eigenvalue weighted by molar-refractivity contribution is -0.0626. The molecule has 0 aromatic heterocycles. The number of hydrogen-bond donors (Lipinski definition) is 1. The minimum absolute atomic E-state index is 0.00182. The topological polar surface area (TPSA) is 82.4 Å². The van der Waals surface area contributed by atoms with Crippen LogP contribution in [-0.2, 0) is 14.8 Å². The normalized spacial score (nSPS) is 29.9. The summed E-state index contributed by atoms with van der Waals surface area (Å²) in [7, 11) is 0.0758. The Bertz CT molecular complexity index is 760. The van der Waals surface area contributed by atoms with Crippen molar-refractivity contribution in [2.24, 2.45) is 5.92 Å². The summed E-state index contributed by atoms with van der Waals surface area (Å²) in [6, 6.07) is 5.93. The molecule has 4 atom stereocenters. The number of hydrogen-bond acceptors (Lipinski definition) is 5. The van der Waals surface area contributed by atoms with Crippen LogP contribution in [0.4, 0.5) is 0 Å². The van der Waals surface area contributed by atoms with E-state index in [4.69, 9.17) is 21.6 Å². The summed E-state index contributed by atoms with van der Waals surface area (Å²) < 4.78 is 33.8. The predicted molar refractivity (Wildman–Crippen MR) is 85.6 cm³/mol. The molecule has 1 aromatic rings. The molecule has 0 unspecified atom stereocenters. The minimum atomic E-state index is -3.75. The number of halogens is 1. The Kier molecular flexibility index (Phi) is 4.38. The maximum atomic E-state index is 12.7. The molecule has 1 aromatic carbocycles. The van der Waals surface area contributed by atoms with E-state index in [0.29, 0.717) is 12.2 Å². The summed E-state index contributed by atoms with van der Waals surface area (Å²) in [4.78, 5) is 1.98. The van der Waals surface area contributed by atoms with Crippen LogP contribution in [0.2, 0.25) is 5.02 Å². The van der Waals surface area contributed by atoms with E-state index in [1.165, 1.54) is 18.2 Å². The fraction of sp³-hybridized carbons (Fsp3) is 0.533. The second kappa shape index (κ2) is 6.04. The predicted octanol–water partition coefficient (Wildman–Crippen LogP) is 1.21. The SMILES string of the molecule is CN(C)[C@@H]1[C@@H](NS(=O)(=O)c2ccc(C#N)cc2Cl)[C@H]2CCO[C@H]21. The molecule has 8 heteroatoms. The van der Waals surface area contributed by atoms with Crippen LogP contribution in [-0.4, -0.2) is 52.2 Å². The first-order valence-electron chi connectivity index (χ1n) is 7.35. The van der Waals surface area contributed by atoms with Gasteiger partial charge in [-0.3, -0.25) is 0 Å². The van der Waals surface area contributed by atoms with E-state index < -0.39 is 10.0 Å². The van der Waals surface area contributed by atoms with E-state index in [0.717, 1.165) is 6.42 Å². The summed E-state index contributed by atoms with van der Waals surface area (Å²) in [5, 5.41) is 8.91. The van der Waals surface area contributed by atoms with Crippen molar-refractivity contribution < 1.29 is 13.2 Å². The van der Waals surface area contributed by atoms with Gasteiger partial charge in [0.2, 0.25) is 10.0 Å². The van der Waals surface area contributed by atoms with Gasteiger partial charge >= 0.3 is 0 Å². The van der Waals surface area contributed by atoms with Crippen LogP contribution < -0.4 is 4.72 Å². The molecule has 1 heterocycles. The largest absolute Gasteiger partial charge is 0.376 e. The van der Waals surface area contributed by atoms with Crippen molar-refractivity contribution >= 4 is 21.6 Å². The quantitative estimate of drug-likeness (QED) is 0.877. The van der Waals surface area contributed by atoms with E-state index in [1.807, 2.05) is 25.1 Å². The van der Waals surface area contributed by atoms with Crippen LogP contribution >= 0.6 is 11.6 Å². The van der Waals surface area contributed by atoms with Gasteiger partial charge in [0.1, 0.15) is 4.90 Å². The molecule has 0 spiro atoms. The maximum absolute atomic E-state index is 12.7. The van der Waals surface area contributed by atoms with Gasteiger partial charge in [0.05, 0.1) is 28.8 Å². The number of nitriles is 1. The number of fused-ring (bicyclic) bond motifs is 1. The van der Waals surface area contributed by atoms with Crippen LogP contribution in [0, 0.1) is 17.2 Å². The molecule has 1 aliphatic carbocycles.